The number of rotatable bonds is 6. The molecular formula is C22H29NO2. The summed E-state index contributed by atoms with van der Waals surface area (Å²) < 4.78 is 5.79. The van der Waals surface area contributed by atoms with Gasteiger partial charge in [-0.3, -0.25) is 4.90 Å². The molecule has 0 saturated carbocycles. The molecule has 0 aliphatic carbocycles. The third-order valence-electron chi connectivity index (χ3n) is 5.20. The van der Waals surface area contributed by atoms with E-state index in [0.29, 0.717) is 25.2 Å². The van der Waals surface area contributed by atoms with E-state index < -0.39 is 6.10 Å². The van der Waals surface area contributed by atoms with Crippen LogP contribution < -0.4 is 4.74 Å². The minimum Gasteiger partial charge on any atom is -0.491 e. The number of benzene rings is 2. The monoisotopic (exact) mass is 339 g/mol. The fourth-order valence-electron chi connectivity index (χ4n) is 3.70. The Morgan fingerprint density at radius 2 is 1.56 bits per heavy atom. The first-order chi connectivity index (χ1) is 12.1. The van der Waals surface area contributed by atoms with Crippen molar-refractivity contribution >= 4 is 0 Å². The maximum Gasteiger partial charge on any atom is 0.119 e. The summed E-state index contributed by atoms with van der Waals surface area (Å²) in [4.78, 5) is 2.41. The summed E-state index contributed by atoms with van der Waals surface area (Å²) in [5.74, 6) is 0.804. The molecule has 1 fully saturated rings. The second-order valence-corrected chi connectivity index (χ2v) is 7.18. The number of aliphatic hydroxyl groups is 1. The highest BCUT2D eigenvalue weighted by molar-refractivity contribution is 5.63. The summed E-state index contributed by atoms with van der Waals surface area (Å²) in [6.07, 6.45) is 3.27. The number of hydrogen-bond acceptors (Lipinski definition) is 3. The van der Waals surface area contributed by atoms with Crippen molar-refractivity contribution in [3.63, 3.8) is 0 Å². The highest BCUT2D eigenvalue weighted by Gasteiger charge is 2.26. The first-order valence-electron chi connectivity index (χ1n) is 9.35. The molecule has 1 aliphatic rings. The lowest BCUT2D eigenvalue weighted by atomic mass is 9.97. The zero-order valence-corrected chi connectivity index (χ0v) is 15.3. The van der Waals surface area contributed by atoms with Gasteiger partial charge >= 0.3 is 0 Å². The largest absolute Gasteiger partial charge is 0.491 e. The van der Waals surface area contributed by atoms with Crippen molar-refractivity contribution in [2.24, 2.45) is 0 Å². The number of hydrogen-bond donors (Lipinski definition) is 1. The number of aliphatic hydroxyl groups excluding tert-OH is 1. The Morgan fingerprint density at radius 3 is 2.20 bits per heavy atom. The molecule has 25 heavy (non-hydrogen) atoms. The van der Waals surface area contributed by atoms with Gasteiger partial charge in [-0.1, -0.05) is 48.9 Å². The van der Waals surface area contributed by atoms with Gasteiger partial charge in [0.25, 0.3) is 0 Å². The third-order valence-corrected chi connectivity index (χ3v) is 5.20. The molecular weight excluding hydrogens is 310 g/mol. The van der Waals surface area contributed by atoms with E-state index in [1.54, 1.807) is 0 Å². The average Bonchev–Trinajstić information content (AvgIpc) is 2.64. The summed E-state index contributed by atoms with van der Waals surface area (Å²) in [7, 11) is 0. The van der Waals surface area contributed by atoms with Gasteiger partial charge in [0.05, 0.1) is 0 Å². The minimum absolute atomic E-state index is 0.334. The molecule has 3 heteroatoms. The molecule has 1 heterocycles. The summed E-state index contributed by atoms with van der Waals surface area (Å²) in [6.45, 7) is 5.53. The molecule has 2 aromatic rings. The smallest absolute Gasteiger partial charge is 0.119 e. The SMILES string of the molecule is CC1CCCC(C)N1CC(O)COc1ccc(-c2ccccc2)cc1. The number of β-amino-alcohol motifs (C(OH)–C–C–N with tert-alkyl or cyclic N) is 1. The van der Waals surface area contributed by atoms with Gasteiger partial charge in [0.1, 0.15) is 18.5 Å². The van der Waals surface area contributed by atoms with Crippen molar-refractivity contribution < 1.29 is 9.84 Å². The first-order valence-corrected chi connectivity index (χ1v) is 9.35. The number of piperidine rings is 1. The van der Waals surface area contributed by atoms with Crippen molar-refractivity contribution in [1.82, 2.24) is 4.90 Å². The van der Waals surface area contributed by atoms with E-state index in [1.807, 2.05) is 30.3 Å². The maximum atomic E-state index is 10.4. The van der Waals surface area contributed by atoms with Crippen molar-refractivity contribution in [2.45, 2.75) is 51.3 Å². The van der Waals surface area contributed by atoms with Crippen LogP contribution in [0.5, 0.6) is 5.75 Å². The third kappa shape index (κ3) is 4.83. The standard InChI is InChI=1S/C22H29NO2/c1-17-7-6-8-18(2)23(17)15-21(24)16-25-22-13-11-20(12-14-22)19-9-4-3-5-10-19/h3-5,9-14,17-18,21,24H,6-8,15-16H2,1-2H3. The lowest BCUT2D eigenvalue weighted by Gasteiger charge is -2.40. The molecule has 0 spiro atoms. The molecule has 3 atom stereocenters. The van der Waals surface area contributed by atoms with Gasteiger partial charge in [-0.25, -0.2) is 0 Å². The lowest BCUT2D eigenvalue weighted by Crippen LogP contribution is -2.48. The van der Waals surface area contributed by atoms with Gasteiger partial charge in [-0.05, 0) is 49.9 Å². The van der Waals surface area contributed by atoms with Crippen LogP contribution in [-0.4, -0.2) is 41.3 Å². The van der Waals surface area contributed by atoms with Gasteiger partial charge in [0, 0.05) is 18.6 Å². The second kappa shape index (κ2) is 8.50. The molecule has 0 bridgehead atoms. The molecule has 0 aromatic heterocycles. The predicted molar refractivity (Wildman–Crippen MR) is 103 cm³/mol. The Morgan fingerprint density at radius 1 is 0.960 bits per heavy atom. The first kappa shape index (κ1) is 18.0. The van der Waals surface area contributed by atoms with Crippen molar-refractivity contribution in [3.05, 3.63) is 54.6 Å². The zero-order chi connectivity index (χ0) is 17.6. The van der Waals surface area contributed by atoms with Gasteiger partial charge in [-0.2, -0.15) is 0 Å². The Balaban J connectivity index is 1.51. The average molecular weight is 339 g/mol. The van der Waals surface area contributed by atoms with Crippen molar-refractivity contribution in [1.29, 1.82) is 0 Å². The van der Waals surface area contributed by atoms with E-state index in [4.69, 9.17) is 4.74 Å². The molecule has 3 unspecified atom stereocenters. The van der Waals surface area contributed by atoms with Crippen LogP contribution in [0.2, 0.25) is 0 Å². The predicted octanol–water partition coefficient (Wildman–Crippen LogP) is 4.36. The van der Waals surface area contributed by atoms with Crippen LogP contribution >= 0.6 is 0 Å². The highest BCUT2D eigenvalue weighted by Crippen LogP contribution is 2.24. The Bertz CT molecular complexity index is 631. The molecule has 1 aliphatic heterocycles. The van der Waals surface area contributed by atoms with E-state index in [9.17, 15) is 5.11 Å². The highest BCUT2D eigenvalue weighted by atomic mass is 16.5. The summed E-state index contributed by atoms with van der Waals surface area (Å²) in [5, 5.41) is 10.4. The molecule has 0 radical (unpaired) electrons. The van der Waals surface area contributed by atoms with E-state index in [0.717, 1.165) is 5.75 Å². The lowest BCUT2D eigenvalue weighted by molar-refractivity contribution is 0.0209. The molecule has 134 valence electrons. The van der Waals surface area contributed by atoms with Crippen LogP contribution in [0, 0.1) is 0 Å². The fraction of sp³-hybridized carbons (Fsp3) is 0.455. The maximum absolute atomic E-state index is 10.4. The Kier molecular flexibility index (Phi) is 6.11. The van der Waals surface area contributed by atoms with E-state index in [-0.39, 0.29) is 0 Å². The van der Waals surface area contributed by atoms with Crippen LogP contribution in [0.3, 0.4) is 0 Å². The normalized spacial score (nSPS) is 22.5. The van der Waals surface area contributed by atoms with Gasteiger partial charge < -0.3 is 9.84 Å². The van der Waals surface area contributed by atoms with Gasteiger partial charge in [0.2, 0.25) is 0 Å². The number of likely N-dealkylation sites (tertiary alicyclic amines) is 1. The second-order valence-electron chi connectivity index (χ2n) is 7.18. The summed E-state index contributed by atoms with van der Waals surface area (Å²) >= 11 is 0. The van der Waals surface area contributed by atoms with E-state index in [1.165, 1.54) is 30.4 Å². The topological polar surface area (TPSA) is 32.7 Å². The van der Waals surface area contributed by atoms with Crippen LogP contribution in [0.4, 0.5) is 0 Å². The molecule has 2 aromatic carbocycles. The fourth-order valence-corrected chi connectivity index (χ4v) is 3.70. The van der Waals surface area contributed by atoms with Crippen molar-refractivity contribution in [2.75, 3.05) is 13.2 Å². The minimum atomic E-state index is -0.461. The van der Waals surface area contributed by atoms with Crippen LogP contribution in [0.25, 0.3) is 11.1 Å². The molecule has 0 amide bonds. The molecule has 3 nitrogen and oxygen atoms in total. The van der Waals surface area contributed by atoms with Crippen LogP contribution in [0.15, 0.2) is 54.6 Å². The van der Waals surface area contributed by atoms with Crippen molar-refractivity contribution in [3.8, 4) is 16.9 Å². The Labute approximate surface area is 151 Å². The molecule has 1 N–H and O–H groups in total. The Hall–Kier alpha value is -1.84. The number of nitrogens with zero attached hydrogens (tertiary/aromatic N) is 1. The van der Waals surface area contributed by atoms with Crippen LogP contribution in [-0.2, 0) is 0 Å². The van der Waals surface area contributed by atoms with E-state index in [2.05, 4.69) is 43.0 Å². The van der Waals surface area contributed by atoms with E-state index >= 15 is 0 Å². The zero-order valence-electron chi connectivity index (χ0n) is 15.3. The van der Waals surface area contributed by atoms with Gasteiger partial charge in [0.15, 0.2) is 0 Å². The summed E-state index contributed by atoms with van der Waals surface area (Å²) in [5.41, 5.74) is 2.37. The van der Waals surface area contributed by atoms with Gasteiger partial charge in [-0.15, -0.1) is 0 Å². The molecule has 3 rings (SSSR count). The summed E-state index contributed by atoms with van der Waals surface area (Å²) in [6, 6.07) is 19.5. The quantitative estimate of drug-likeness (QED) is 0.849. The number of ether oxygens (including phenoxy) is 1. The molecule has 1 saturated heterocycles. The van der Waals surface area contributed by atoms with Crippen LogP contribution in [0.1, 0.15) is 33.1 Å².